The molecule has 2 saturated heterocycles. The summed E-state index contributed by atoms with van der Waals surface area (Å²) in [6.45, 7) is 5.71. The maximum absolute atomic E-state index is 14.4. The van der Waals surface area contributed by atoms with Gasteiger partial charge in [0.05, 0.1) is 22.1 Å². The Balaban J connectivity index is 1.49. The lowest BCUT2D eigenvalue weighted by atomic mass is 9.78. The zero-order valence-electron chi connectivity index (χ0n) is 23.9. The van der Waals surface area contributed by atoms with Crippen LogP contribution in [0.4, 0.5) is 0 Å². The number of carbonyl (C=O) groups is 2. The van der Waals surface area contributed by atoms with Gasteiger partial charge in [-0.25, -0.2) is 0 Å². The number of carbonyl (C=O) groups excluding carboxylic acids is 2. The van der Waals surface area contributed by atoms with Crippen molar-refractivity contribution < 1.29 is 14.3 Å². The van der Waals surface area contributed by atoms with Gasteiger partial charge in [-0.2, -0.15) is 0 Å². The molecule has 3 aromatic carbocycles. The van der Waals surface area contributed by atoms with Crippen LogP contribution in [0.25, 0.3) is 0 Å². The van der Waals surface area contributed by atoms with Gasteiger partial charge >= 0.3 is 0 Å². The lowest BCUT2D eigenvalue weighted by molar-refractivity contribution is -0.237. The van der Waals surface area contributed by atoms with E-state index in [1.165, 1.54) is 0 Å². The third kappa shape index (κ3) is 5.63. The van der Waals surface area contributed by atoms with Crippen LogP contribution in [-0.2, 0) is 26.4 Å². The highest BCUT2D eigenvalue weighted by Gasteiger charge is 2.54. The zero-order chi connectivity index (χ0) is 29.2. The van der Waals surface area contributed by atoms with Crippen LogP contribution in [0.15, 0.2) is 78.9 Å². The Morgan fingerprint density at radius 2 is 1.61 bits per heavy atom. The van der Waals surface area contributed by atoms with E-state index in [0.29, 0.717) is 55.5 Å². The average Bonchev–Trinajstić information content (AvgIpc) is 3.00. The number of piperidine rings is 1. The quantitative estimate of drug-likeness (QED) is 0.307. The van der Waals surface area contributed by atoms with Gasteiger partial charge in [-0.15, -0.1) is 0 Å². The van der Waals surface area contributed by atoms with Crippen LogP contribution in [0, 0.1) is 0 Å². The van der Waals surface area contributed by atoms with Crippen molar-refractivity contribution in [3.63, 3.8) is 0 Å². The first kappa shape index (κ1) is 29.6. The van der Waals surface area contributed by atoms with Crippen molar-refractivity contribution in [2.75, 3.05) is 26.7 Å². The van der Waals surface area contributed by atoms with Crippen molar-refractivity contribution >= 4 is 35.0 Å². The van der Waals surface area contributed by atoms with Gasteiger partial charge in [-0.1, -0.05) is 96.9 Å². The molecule has 0 saturated carbocycles. The fraction of sp³-hybridized carbons (Fsp3) is 0.394. The third-order valence-electron chi connectivity index (χ3n) is 8.88. The molecule has 3 aromatic rings. The van der Waals surface area contributed by atoms with Crippen molar-refractivity contribution in [2.45, 2.75) is 57.0 Å². The van der Waals surface area contributed by atoms with Gasteiger partial charge in [0, 0.05) is 33.6 Å². The first-order valence-electron chi connectivity index (χ1n) is 14.2. The minimum Gasteiger partial charge on any atom is -0.341 e. The van der Waals surface area contributed by atoms with Crippen LogP contribution in [0.5, 0.6) is 0 Å². The van der Waals surface area contributed by atoms with Crippen LogP contribution >= 0.6 is 23.2 Å². The second kappa shape index (κ2) is 12.1. The second-order valence-electron chi connectivity index (χ2n) is 11.1. The molecule has 0 bridgehead atoms. The first-order chi connectivity index (χ1) is 19.7. The normalized spacial score (nSPS) is 22.9. The van der Waals surface area contributed by atoms with E-state index in [0.717, 1.165) is 16.7 Å². The molecule has 216 valence electrons. The molecule has 0 aromatic heterocycles. The molecule has 2 atom stereocenters. The molecule has 0 N–H and O–H groups in total. The number of nitrogens with zero attached hydrogens (tertiary/aromatic N) is 3. The van der Waals surface area contributed by atoms with Crippen molar-refractivity contribution in [2.24, 2.45) is 0 Å². The first-order valence-corrected chi connectivity index (χ1v) is 15.0. The fourth-order valence-corrected chi connectivity index (χ4v) is 6.76. The van der Waals surface area contributed by atoms with E-state index >= 15 is 0 Å². The number of hydrogen-bond acceptors (Lipinski definition) is 4. The summed E-state index contributed by atoms with van der Waals surface area (Å²) in [7, 11) is 1.88. The summed E-state index contributed by atoms with van der Waals surface area (Å²) in [5, 5.41) is 0.937. The zero-order valence-corrected chi connectivity index (χ0v) is 25.4. The van der Waals surface area contributed by atoms with E-state index in [2.05, 4.69) is 17.0 Å². The Morgan fingerprint density at radius 3 is 2.20 bits per heavy atom. The summed E-state index contributed by atoms with van der Waals surface area (Å²) in [5.41, 5.74) is 1.45. The molecule has 0 radical (unpaired) electrons. The maximum Gasteiger partial charge on any atom is 0.270 e. The number of ether oxygens (including phenoxy) is 1. The van der Waals surface area contributed by atoms with E-state index in [9.17, 15) is 9.59 Å². The Morgan fingerprint density at radius 1 is 0.976 bits per heavy atom. The molecule has 2 heterocycles. The van der Waals surface area contributed by atoms with Crippen LogP contribution in [0.2, 0.25) is 10.0 Å². The van der Waals surface area contributed by atoms with Crippen LogP contribution in [0.3, 0.4) is 0 Å². The van der Waals surface area contributed by atoms with Gasteiger partial charge in [0.2, 0.25) is 11.6 Å². The van der Waals surface area contributed by atoms with E-state index in [1.54, 1.807) is 13.0 Å². The molecule has 2 amide bonds. The highest BCUT2D eigenvalue weighted by atomic mass is 35.5. The Bertz CT molecular complexity index is 1380. The molecule has 0 aliphatic carbocycles. The third-order valence-corrected chi connectivity index (χ3v) is 9.62. The fourth-order valence-electron chi connectivity index (χ4n) is 6.45. The summed E-state index contributed by atoms with van der Waals surface area (Å²) in [4.78, 5) is 33.0. The SMILES string of the molecule is CCC1(N2CCC(c3ccccc3)(N(C)C(C)=O)CC2)OC(c2ccc(Cl)c(Cl)c2)CN(Cc2ccccc2)C1=O. The Labute approximate surface area is 252 Å². The highest BCUT2D eigenvalue weighted by Crippen LogP contribution is 2.44. The van der Waals surface area contributed by atoms with Gasteiger partial charge in [0.25, 0.3) is 5.91 Å². The van der Waals surface area contributed by atoms with E-state index in [-0.39, 0.29) is 17.9 Å². The number of benzene rings is 3. The second-order valence-corrected chi connectivity index (χ2v) is 11.9. The minimum atomic E-state index is -1.15. The molecule has 2 aliphatic heterocycles. The van der Waals surface area contributed by atoms with Crippen molar-refractivity contribution in [1.29, 1.82) is 0 Å². The lowest BCUT2D eigenvalue weighted by Gasteiger charge is -2.55. The monoisotopic (exact) mass is 593 g/mol. The minimum absolute atomic E-state index is 0.0196. The Kier molecular flexibility index (Phi) is 8.76. The van der Waals surface area contributed by atoms with Gasteiger partial charge < -0.3 is 14.5 Å². The van der Waals surface area contributed by atoms with Gasteiger partial charge in [-0.05, 0) is 48.1 Å². The summed E-state index contributed by atoms with van der Waals surface area (Å²) in [6.07, 6.45) is 1.46. The molecule has 2 fully saturated rings. The molecule has 5 rings (SSSR count). The van der Waals surface area contributed by atoms with Crippen LogP contribution < -0.4 is 0 Å². The summed E-state index contributed by atoms with van der Waals surface area (Å²) in [6, 6.07) is 25.8. The van der Waals surface area contributed by atoms with Gasteiger partial charge in [-0.3, -0.25) is 14.5 Å². The lowest BCUT2D eigenvalue weighted by Crippen LogP contribution is -2.68. The smallest absolute Gasteiger partial charge is 0.270 e. The van der Waals surface area contributed by atoms with Crippen LogP contribution in [-0.4, -0.2) is 58.9 Å². The summed E-state index contributed by atoms with van der Waals surface area (Å²) < 4.78 is 6.86. The highest BCUT2D eigenvalue weighted by molar-refractivity contribution is 6.42. The predicted molar refractivity (Wildman–Crippen MR) is 163 cm³/mol. The number of morpholine rings is 1. The molecule has 8 heteroatoms. The maximum atomic E-state index is 14.4. The van der Waals surface area contributed by atoms with E-state index in [4.69, 9.17) is 27.9 Å². The van der Waals surface area contributed by atoms with Crippen molar-refractivity contribution in [1.82, 2.24) is 14.7 Å². The predicted octanol–water partition coefficient (Wildman–Crippen LogP) is 6.67. The van der Waals surface area contributed by atoms with E-state index in [1.807, 2.05) is 84.4 Å². The average molecular weight is 595 g/mol. The summed E-state index contributed by atoms with van der Waals surface area (Å²) >= 11 is 12.7. The Hall–Kier alpha value is -2.90. The standard InChI is InChI=1S/C33H37Cl2N3O3/c1-4-33(38-19-17-32(18-20-38,36(3)24(2)39)27-13-9-6-10-14-27)31(40)37(22-25-11-7-5-8-12-25)23-30(41-33)26-15-16-28(34)29(35)21-26/h5-16,21,30H,4,17-20,22-23H2,1-3H3. The van der Waals surface area contributed by atoms with Gasteiger partial charge in [0.1, 0.15) is 6.10 Å². The van der Waals surface area contributed by atoms with Crippen molar-refractivity contribution in [3.05, 3.63) is 106 Å². The largest absolute Gasteiger partial charge is 0.341 e. The topological polar surface area (TPSA) is 53.1 Å². The number of amides is 2. The van der Waals surface area contributed by atoms with Crippen molar-refractivity contribution in [3.8, 4) is 0 Å². The molecule has 41 heavy (non-hydrogen) atoms. The molecular formula is C33H37Cl2N3O3. The van der Waals surface area contributed by atoms with Gasteiger partial charge in [0.15, 0.2) is 0 Å². The number of likely N-dealkylation sites (tertiary alicyclic amines) is 1. The molecular weight excluding hydrogens is 557 g/mol. The number of halogens is 2. The molecule has 6 nitrogen and oxygen atoms in total. The number of hydrogen-bond donors (Lipinski definition) is 0. The van der Waals surface area contributed by atoms with E-state index < -0.39 is 11.3 Å². The molecule has 0 spiro atoms. The van der Waals surface area contributed by atoms with Crippen LogP contribution in [0.1, 0.15) is 55.9 Å². The summed E-state index contributed by atoms with van der Waals surface area (Å²) in [5.74, 6) is -0.0153. The number of rotatable bonds is 7. The molecule has 2 unspecified atom stereocenters. The molecule has 2 aliphatic rings.